The summed E-state index contributed by atoms with van der Waals surface area (Å²) in [5.41, 5.74) is 1.18. The Morgan fingerprint density at radius 2 is 1.86 bits per heavy atom. The van der Waals surface area contributed by atoms with Gasteiger partial charge in [-0.15, -0.1) is 0 Å². The molecule has 0 bridgehead atoms. The van der Waals surface area contributed by atoms with Gasteiger partial charge in [-0.25, -0.2) is 0 Å². The first kappa shape index (κ1) is 17.1. The largest absolute Gasteiger partial charge is 0.307 e. The lowest BCUT2D eigenvalue weighted by atomic mass is 9.83. The van der Waals surface area contributed by atoms with Crippen molar-refractivity contribution in [2.75, 3.05) is 0 Å². The lowest BCUT2D eigenvalue weighted by Gasteiger charge is -2.32. The van der Waals surface area contributed by atoms with E-state index in [0.29, 0.717) is 17.1 Å². The van der Waals surface area contributed by atoms with Crippen LogP contribution < -0.4 is 5.32 Å². The van der Waals surface area contributed by atoms with Gasteiger partial charge < -0.3 is 5.32 Å². The van der Waals surface area contributed by atoms with Gasteiger partial charge in [-0.05, 0) is 55.7 Å². The molecule has 118 valence electrons. The van der Waals surface area contributed by atoms with Crippen LogP contribution in [0.3, 0.4) is 0 Å². The second kappa shape index (κ2) is 8.41. The molecule has 0 spiro atoms. The Labute approximate surface area is 139 Å². The first-order chi connectivity index (χ1) is 10.1. The molecule has 0 heterocycles. The summed E-state index contributed by atoms with van der Waals surface area (Å²) >= 11 is 12.4. The predicted octanol–water partition coefficient (Wildman–Crippen LogP) is 6.39. The van der Waals surface area contributed by atoms with E-state index in [9.17, 15) is 0 Å². The third kappa shape index (κ3) is 4.87. The average molecular weight is 328 g/mol. The highest BCUT2D eigenvalue weighted by Crippen LogP contribution is 2.32. The maximum atomic E-state index is 6.36. The molecule has 0 aliphatic heterocycles. The zero-order valence-electron chi connectivity index (χ0n) is 13.2. The molecule has 0 radical (unpaired) electrons. The molecule has 1 aromatic carbocycles. The van der Waals surface area contributed by atoms with E-state index in [0.717, 1.165) is 17.4 Å². The molecule has 1 saturated carbocycles. The zero-order valence-corrected chi connectivity index (χ0v) is 14.7. The van der Waals surface area contributed by atoms with E-state index in [4.69, 9.17) is 23.2 Å². The normalized spacial score (nSPS) is 24.0. The van der Waals surface area contributed by atoms with Crippen molar-refractivity contribution in [1.29, 1.82) is 0 Å². The third-order valence-corrected chi connectivity index (χ3v) is 5.29. The quantitative estimate of drug-likeness (QED) is 0.637. The van der Waals surface area contributed by atoms with Crippen LogP contribution in [0.1, 0.15) is 70.4 Å². The Morgan fingerprint density at radius 3 is 2.43 bits per heavy atom. The minimum absolute atomic E-state index is 0.336. The molecule has 1 fully saturated rings. The minimum Gasteiger partial charge on any atom is -0.307 e. The van der Waals surface area contributed by atoms with Crippen molar-refractivity contribution in [3.05, 3.63) is 33.8 Å². The van der Waals surface area contributed by atoms with Crippen molar-refractivity contribution in [2.45, 2.75) is 70.9 Å². The van der Waals surface area contributed by atoms with Crippen LogP contribution in [0.2, 0.25) is 10.0 Å². The zero-order chi connectivity index (χ0) is 15.2. The van der Waals surface area contributed by atoms with E-state index >= 15 is 0 Å². The van der Waals surface area contributed by atoms with Gasteiger partial charge in [0.2, 0.25) is 0 Å². The molecule has 1 nitrogen and oxygen atoms in total. The van der Waals surface area contributed by atoms with Crippen molar-refractivity contribution >= 4 is 23.2 Å². The van der Waals surface area contributed by atoms with E-state index in [1.54, 1.807) is 0 Å². The molecule has 1 aliphatic rings. The summed E-state index contributed by atoms with van der Waals surface area (Å²) in [5.74, 6) is 0.951. The monoisotopic (exact) mass is 327 g/mol. The second-order valence-electron chi connectivity index (χ2n) is 6.30. The summed E-state index contributed by atoms with van der Waals surface area (Å²) in [6.45, 7) is 4.51. The molecule has 1 N–H and O–H groups in total. The van der Waals surface area contributed by atoms with Gasteiger partial charge in [0.15, 0.2) is 0 Å². The molecule has 21 heavy (non-hydrogen) atoms. The Morgan fingerprint density at radius 1 is 1.14 bits per heavy atom. The van der Waals surface area contributed by atoms with E-state index in [1.165, 1.54) is 44.1 Å². The van der Waals surface area contributed by atoms with E-state index in [1.807, 2.05) is 12.1 Å². The first-order valence-corrected chi connectivity index (χ1v) is 9.10. The molecule has 1 atom stereocenters. The Kier molecular flexibility index (Phi) is 6.85. The second-order valence-corrected chi connectivity index (χ2v) is 7.14. The van der Waals surface area contributed by atoms with Crippen molar-refractivity contribution in [2.24, 2.45) is 5.92 Å². The van der Waals surface area contributed by atoms with Crippen LogP contribution in [0.5, 0.6) is 0 Å². The first-order valence-electron chi connectivity index (χ1n) is 8.35. The number of rotatable bonds is 6. The van der Waals surface area contributed by atoms with E-state index < -0.39 is 0 Å². The third-order valence-electron chi connectivity index (χ3n) is 4.73. The van der Waals surface area contributed by atoms with Gasteiger partial charge in [-0.3, -0.25) is 0 Å². The Balaban J connectivity index is 1.94. The number of benzene rings is 1. The van der Waals surface area contributed by atoms with Crippen LogP contribution in [0.4, 0.5) is 0 Å². The van der Waals surface area contributed by atoms with Gasteiger partial charge in [-0.1, -0.05) is 56.0 Å². The summed E-state index contributed by atoms with van der Waals surface area (Å²) in [6, 6.07) is 6.82. The molecule has 2 rings (SSSR count). The lowest BCUT2D eigenvalue weighted by molar-refractivity contribution is 0.261. The molecule has 0 amide bonds. The standard InChI is InChI=1S/C18H27Cl2N/c1-3-5-13-6-9-15(10-7-13)21-18(4-2)16-11-8-14(19)12-17(16)20/h8,11-13,15,18,21H,3-7,9-10H2,1-2H3. The molecular weight excluding hydrogens is 301 g/mol. The topological polar surface area (TPSA) is 12.0 Å². The van der Waals surface area contributed by atoms with Crippen LogP contribution in [0.15, 0.2) is 18.2 Å². The fourth-order valence-electron chi connectivity index (χ4n) is 3.52. The highest BCUT2D eigenvalue weighted by molar-refractivity contribution is 6.35. The summed E-state index contributed by atoms with van der Waals surface area (Å²) < 4.78 is 0. The van der Waals surface area contributed by atoms with E-state index in [-0.39, 0.29) is 0 Å². The maximum absolute atomic E-state index is 6.36. The molecule has 1 aliphatic carbocycles. The lowest BCUT2D eigenvalue weighted by Crippen LogP contribution is -2.36. The van der Waals surface area contributed by atoms with Crippen LogP contribution in [-0.2, 0) is 0 Å². The smallest absolute Gasteiger partial charge is 0.0468 e. The predicted molar refractivity (Wildman–Crippen MR) is 93.3 cm³/mol. The molecule has 1 unspecified atom stereocenters. The van der Waals surface area contributed by atoms with E-state index in [2.05, 4.69) is 25.2 Å². The van der Waals surface area contributed by atoms with Gasteiger partial charge in [0.25, 0.3) is 0 Å². The maximum Gasteiger partial charge on any atom is 0.0468 e. The SMILES string of the molecule is CCCC1CCC(NC(CC)c2ccc(Cl)cc2Cl)CC1. The van der Waals surface area contributed by atoms with Gasteiger partial charge in [0, 0.05) is 22.1 Å². The number of nitrogens with one attached hydrogen (secondary N) is 1. The van der Waals surface area contributed by atoms with Crippen molar-refractivity contribution < 1.29 is 0 Å². The highest BCUT2D eigenvalue weighted by Gasteiger charge is 2.23. The fourth-order valence-corrected chi connectivity index (χ4v) is 4.06. The van der Waals surface area contributed by atoms with Gasteiger partial charge in [-0.2, -0.15) is 0 Å². The van der Waals surface area contributed by atoms with Gasteiger partial charge in [0.05, 0.1) is 0 Å². The summed E-state index contributed by atoms with van der Waals surface area (Å²) in [6.07, 6.45) is 9.11. The molecule has 1 aromatic rings. The van der Waals surface area contributed by atoms with Crippen LogP contribution in [0.25, 0.3) is 0 Å². The highest BCUT2D eigenvalue weighted by atomic mass is 35.5. The molecular formula is C18H27Cl2N. The fraction of sp³-hybridized carbons (Fsp3) is 0.667. The molecule has 3 heteroatoms. The number of hydrogen-bond donors (Lipinski definition) is 1. The summed E-state index contributed by atoms with van der Waals surface area (Å²) in [7, 11) is 0. The van der Waals surface area contributed by atoms with Crippen LogP contribution in [-0.4, -0.2) is 6.04 Å². The van der Waals surface area contributed by atoms with Gasteiger partial charge in [0.1, 0.15) is 0 Å². The van der Waals surface area contributed by atoms with Crippen molar-refractivity contribution in [3.8, 4) is 0 Å². The van der Waals surface area contributed by atoms with Crippen molar-refractivity contribution in [1.82, 2.24) is 5.32 Å². The number of halogens is 2. The van der Waals surface area contributed by atoms with Gasteiger partial charge >= 0.3 is 0 Å². The Hall–Kier alpha value is -0.240. The number of hydrogen-bond acceptors (Lipinski definition) is 1. The summed E-state index contributed by atoms with van der Waals surface area (Å²) in [5, 5.41) is 5.30. The molecule has 0 aromatic heterocycles. The van der Waals surface area contributed by atoms with Crippen LogP contribution in [0, 0.1) is 5.92 Å². The molecule has 0 saturated heterocycles. The Bertz CT molecular complexity index is 439. The van der Waals surface area contributed by atoms with Crippen LogP contribution >= 0.6 is 23.2 Å². The van der Waals surface area contributed by atoms with Crippen molar-refractivity contribution in [3.63, 3.8) is 0 Å². The minimum atomic E-state index is 0.336. The average Bonchev–Trinajstić information content (AvgIpc) is 2.47. The summed E-state index contributed by atoms with van der Waals surface area (Å²) in [4.78, 5) is 0.